The van der Waals surface area contributed by atoms with Gasteiger partial charge in [-0.15, -0.1) is 0 Å². The number of anilines is 4. The molecule has 3 heterocycles. The summed E-state index contributed by atoms with van der Waals surface area (Å²) in [5.41, 5.74) is -0.0551. The third-order valence-electron chi connectivity index (χ3n) is 7.45. The van der Waals surface area contributed by atoms with Crippen LogP contribution in [0.25, 0.3) is 0 Å². The quantitative estimate of drug-likeness (QED) is 0.339. The van der Waals surface area contributed by atoms with E-state index in [2.05, 4.69) is 30.5 Å². The lowest BCUT2D eigenvalue weighted by Crippen LogP contribution is -2.44. The summed E-state index contributed by atoms with van der Waals surface area (Å²) in [5.74, 6) is -0.532. The van der Waals surface area contributed by atoms with Crippen LogP contribution < -0.4 is 19.7 Å². The number of aromatic nitrogens is 3. The van der Waals surface area contributed by atoms with Gasteiger partial charge in [-0.05, 0) is 57.2 Å². The second kappa shape index (κ2) is 13.2. The molecule has 1 aromatic carbocycles. The number of likely N-dealkylation sites (tertiary alicyclic amines) is 1. The second-order valence-electron chi connectivity index (χ2n) is 10.5. The molecule has 12 nitrogen and oxygen atoms in total. The highest BCUT2D eigenvalue weighted by atomic mass is 32.2. The highest BCUT2D eigenvalue weighted by Gasteiger charge is 2.35. The molecule has 0 bridgehead atoms. The minimum atomic E-state index is -4.78. The number of carbonyl (C=O) groups is 1. The third-order valence-corrected chi connectivity index (χ3v) is 8.62. The van der Waals surface area contributed by atoms with Crippen LogP contribution in [-0.4, -0.2) is 92.7 Å². The highest BCUT2D eigenvalue weighted by molar-refractivity contribution is 7.92. The monoisotopic (exact) mass is 636 g/mol. The fourth-order valence-corrected chi connectivity index (χ4v) is 5.25. The van der Waals surface area contributed by atoms with Crippen molar-refractivity contribution in [3.63, 3.8) is 0 Å². The Morgan fingerprint density at radius 1 is 1.16 bits per heavy atom. The molecule has 0 unspecified atom stereocenters. The number of rotatable bonds is 10. The van der Waals surface area contributed by atoms with E-state index in [1.165, 1.54) is 20.4 Å². The number of methoxy groups -OCH3 is 1. The number of carbonyl (C=O) groups excluding carboxylic acids is 1. The van der Waals surface area contributed by atoms with Gasteiger partial charge in [0.1, 0.15) is 22.9 Å². The number of alkyl halides is 3. The molecule has 0 radical (unpaired) electrons. The van der Waals surface area contributed by atoms with Gasteiger partial charge in [0.25, 0.3) is 5.91 Å². The van der Waals surface area contributed by atoms with E-state index in [4.69, 9.17) is 4.74 Å². The molecule has 0 spiro atoms. The number of pyridine rings is 1. The largest absolute Gasteiger partial charge is 0.495 e. The summed E-state index contributed by atoms with van der Waals surface area (Å²) >= 11 is 0. The normalized spacial score (nSPS) is 14.6. The first-order valence-corrected chi connectivity index (χ1v) is 15.5. The molecule has 2 aromatic heterocycles. The number of sulfonamides is 1. The van der Waals surface area contributed by atoms with E-state index in [1.54, 1.807) is 42.3 Å². The Morgan fingerprint density at radius 3 is 2.50 bits per heavy atom. The Hall–Kier alpha value is -4.18. The molecule has 1 amide bonds. The van der Waals surface area contributed by atoms with E-state index in [1.807, 2.05) is 7.05 Å². The molecular weight excluding hydrogens is 601 g/mol. The third kappa shape index (κ3) is 7.66. The molecule has 2 N–H and O–H groups in total. The molecule has 4 rings (SSSR count). The Kier molecular flexibility index (Phi) is 9.83. The molecule has 44 heavy (non-hydrogen) atoms. The fourth-order valence-electron chi connectivity index (χ4n) is 4.77. The number of nitrogens with one attached hydrogen (secondary N) is 2. The summed E-state index contributed by atoms with van der Waals surface area (Å²) in [5, 5.41) is 5.52. The van der Waals surface area contributed by atoms with Gasteiger partial charge in [-0.2, -0.15) is 18.2 Å². The summed E-state index contributed by atoms with van der Waals surface area (Å²) in [6.45, 7) is 1.59. The molecule has 1 fully saturated rings. The predicted octanol–water partition coefficient (Wildman–Crippen LogP) is 3.82. The summed E-state index contributed by atoms with van der Waals surface area (Å²) in [6, 6.07) is 7.93. The van der Waals surface area contributed by atoms with Crippen molar-refractivity contribution in [1.29, 1.82) is 0 Å². The number of hydrogen-bond donors (Lipinski definition) is 2. The summed E-state index contributed by atoms with van der Waals surface area (Å²) in [7, 11) is 2.86. The van der Waals surface area contributed by atoms with E-state index < -0.39 is 27.6 Å². The van der Waals surface area contributed by atoms with Crippen molar-refractivity contribution < 1.29 is 31.1 Å². The van der Waals surface area contributed by atoms with E-state index >= 15 is 0 Å². The number of nitrogens with zero attached hydrogens (tertiary/aromatic N) is 6. The SMILES string of the molecule is COc1cc(C(=O)N(C)C2CCN(C)CC2)ccc1Nc1ncc(C(F)(F)F)c(NCc2cccnc2N(C)S(C)(=O)=O)n1. The van der Waals surface area contributed by atoms with Crippen molar-refractivity contribution in [3.8, 4) is 5.75 Å². The predicted molar refractivity (Wildman–Crippen MR) is 161 cm³/mol. The van der Waals surface area contributed by atoms with Crippen LogP contribution in [0.3, 0.4) is 0 Å². The molecule has 3 aromatic rings. The number of benzene rings is 1. The van der Waals surface area contributed by atoms with E-state index in [9.17, 15) is 26.4 Å². The number of halogens is 3. The number of piperidine rings is 1. The Balaban J connectivity index is 1.57. The Morgan fingerprint density at radius 2 is 1.86 bits per heavy atom. The minimum absolute atomic E-state index is 0.0595. The minimum Gasteiger partial charge on any atom is -0.495 e. The smallest absolute Gasteiger partial charge is 0.421 e. The number of ether oxygens (including phenoxy) is 1. The van der Waals surface area contributed by atoms with E-state index in [-0.39, 0.29) is 36.0 Å². The van der Waals surface area contributed by atoms with Crippen molar-refractivity contribution in [2.24, 2.45) is 0 Å². The molecule has 1 saturated heterocycles. The van der Waals surface area contributed by atoms with Crippen LogP contribution in [0, 0.1) is 0 Å². The van der Waals surface area contributed by atoms with Crippen LogP contribution in [0.15, 0.2) is 42.7 Å². The average molecular weight is 637 g/mol. The van der Waals surface area contributed by atoms with Gasteiger partial charge in [-0.3, -0.25) is 9.10 Å². The van der Waals surface area contributed by atoms with Crippen LogP contribution in [-0.2, 0) is 22.7 Å². The highest BCUT2D eigenvalue weighted by Crippen LogP contribution is 2.35. The second-order valence-corrected chi connectivity index (χ2v) is 12.5. The van der Waals surface area contributed by atoms with Gasteiger partial charge < -0.3 is 25.2 Å². The van der Waals surface area contributed by atoms with Gasteiger partial charge in [0.05, 0.1) is 19.1 Å². The standard InChI is InChI=1S/C28H35F3N8O4S/c1-37-13-10-20(11-14-37)38(2)26(40)18-8-9-22(23(15-18)43-4)35-27-34-17-21(28(29,30)31)24(36-27)33-16-19-7-6-12-32-25(19)39(3)44(5,41)42/h6-9,12,15,17,20H,10-11,13-14,16H2,1-5H3,(H2,33,34,35,36). The Bertz CT molecular complexity index is 1600. The number of hydrogen-bond acceptors (Lipinski definition) is 10. The molecule has 0 saturated carbocycles. The first kappa shape index (κ1) is 32.7. The average Bonchev–Trinajstić information content (AvgIpc) is 2.98. The van der Waals surface area contributed by atoms with Crippen molar-refractivity contribution in [2.45, 2.75) is 31.6 Å². The van der Waals surface area contributed by atoms with Crippen LogP contribution in [0.2, 0.25) is 0 Å². The van der Waals surface area contributed by atoms with Crippen molar-refractivity contribution >= 4 is 39.2 Å². The lowest BCUT2D eigenvalue weighted by molar-refractivity contribution is -0.137. The topological polar surface area (TPSA) is 133 Å². The fraction of sp³-hybridized carbons (Fsp3) is 0.429. The molecule has 238 valence electrons. The van der Waals surface area contributed by atoms with E-state index in [0.29, 0.717) is 23.0 Å². The van der Waals surface area contributed by atoms with Crippen molar-refractivity contribution in [1.82, 2.24) is 24.8 Å². The molecule has 1 aliphatic rings. The van der Waals surface area contributed by atoms with Gasteiger partial charge in [0.2, 0.25) is 16.0 Å². The van der Waals surface area contributed by atoms with Gasteiger partial charge in [0, 0.05) is 50.2 Å². The molecular formula is C28H35F3N8O4S. The number of amides is 1. The van der Waals surface area contributed by atoms with Gasteiger partial charge in [-0.1, -0.05) is 6.07 Å². The maximum Gasteiger partial charge on any atom is 0.421 e. The van der Waals surface area contributed by atoms with Gasteiger partial charge in [-0.25, -0.2) is 18.4 Å². The van der Waals surface area contributed by atoms with Crippen molar-refractivity contribution in [2.75, 3.05) is 62.5 Å². The maximum absolute atomic E-state index is 13.9. The van der Waals surface area contributed by atoms with Crippen LogP contribution in [0.4, 0.5) is 36.4 Å². The van der Waals surface area contributed by atoms with Crippen LogP contribution in [0.5, 0.6) is 5.75 Å². The molecule has 1 aliphatic heterocycles. The zero-order valence-electron chi connectivity index (χ0n) is 25.0. The van der Waals surface area contributed by atoms with E-state index in [0.717, 1.165) is 36.5 Å². The molecule has 16 heteroatoms. The van der Waals surface area contributed by atoms with Crippen LogP contribution >= 0.6 is 0 Å². The summed E-state index contributed by atoms with van der Waals surface area (Å²) < 4.78 is 72.1. The maximum atomic E-state index is 13.9. The van der Waals surface area contributed by atoms with Gasteiger partial charge in [0.15, 0.2) is 0 Å². The van der Waals surface area contributed by atoms with Crippen molar-refractivity contribution in [3.05, 3.63) is 59.4 Å². The zero-order valence-corrected chi connectivity index (χ0v) is 25.8. The van der Waals surface area contributed by atoms with Crippen LogP contribution in [0.1, 0.15) is 34.3 Å². The molecule has 0 aliphatic carbocycles. The summed E-state index contributed by atoms with van der Waals surface area (Å²) in [4.78, 5) is 29.1. The summed E-state index contributed by atoms with van der Waals surface area (Å²) in [6.07, 6.45) is -0.0185. The Labute approximate surface area is 254 Å². The lowest BCUT2D eigenvalue weighted by atomic mass is 10.0. The first-order chi connectivity index (χ1) is 20.7. The first-order valence-electron chi connectivity index (χ1n) is 13.7. The molecule has 0 atom stereocenters. The van der Waals surface area contributed by atoms with Gasteiger partial charge >= 0.3 is 6.18 Å². The lowest BCUT2D eigenvalue weighted by Gasteiger charge is -2.35. The zero-order chi connectivity index (χ0) is 32.2.